The summed E-state index contributed by atoms with van der Waals surface area (Å²) in [6.07, 6.45) is 1.30. The van der Waals surface area contributed by atoms with Gasteiger partial charge in [0.2, 0.25) is 10.0 Å². The molecule has 3 rings (SSSR count). The quantitative estimate of drug-likeness (QED) is 0.646. The molecule has 1 saturated heterocycles. The van der Waals surface area contributed by atoms with Gasteiger partial charge in [0.1, 0.15) is 39.9 Å². The van der Waals surface area contributed by atoms with Crippen LogP contribution in [0.4, 0.5) is 4.39 Å². The van der Waals surface area contributed by atoms with Gasteiger partial charge in [0.15, 0.2) is 0 Å². The minimum absolute atomic E-state index is 0.0336. The van der Waals surface area contributed by atoms with Crippen LogP contribution in [0.5, 0.6) is 5.75 Å². The van der Waals surface area contributed by atoms with Crippen LogP contribution in [0.1, 0.15) is 17.7 Å². The van der Waals surface area contributed by atoms with E-state index in [1.165, 1.54) is 24.3 Å². The van der Waals surface area contributed by atoms with Crippen LogP contribution in [0.15, 0.2) is 41.4 Å². The van der Waals surface area contributed by atoms with Gasteiger partial charge in [0, 0.05) is 25.4 Å². The number of hydrogen-bond donors (Lipinski definition) is 3. The molecule has 0 radical (unpaired) electrons. The van der Waals surface area contributed by atoms with E-state index in [1.54, 1.807) is 12.1 Å². The highest BCUT2D eigenvalue weighted by Gasteiger charge is 2.41. The molecule has 9 nitrogen and oxygen atoms in total. The van der Waals surface area contributed by atoms with Gasteiger partial charge in [-0.1, -0.05) is 0 Å². The summed E-state index contributed by atoms with van der Waals surface area (Å²) in [6.45, 7) is -0.490. The van der Waals surface area contributed by atoms with Crippen LogP contribution in [-0.4, -0.2) is 58.3 Å². The van der Waals surface area contributed by atoms with Gasteiger partial charge >= 0.3 is 0 Å². The number of nitrogens with zero attached hydrogens (tertiary/aromatic N) is 4. The smallest absolute Gasteiger partial charge is 0.244 e. The van der Waals surface area contributed by atoms with Gasteiger partial charge in [-0.3, -0.25) is 0 Å². The summed E-state index contributed by atoms with van der Waals surface area (Å²) in [7, 11) is -3.75. The maximum Gasteiger partial charge on any atom is 0.244 e. The molecule has 0 bridgehead atoms. The molecule has 3 N–H and O–H groups in total. The topological polar surface area (TPSA) is 159 Å². The highest BCUT2D eigenvalue weighted by molar-refractivity contribution is 7.89. The minimum atomic E-state index is -3.75. The lowest BCUT2D eigenvalue weighted by Crippen LogP contribution is -2.38. The van der Waals surface area contributed by atoms with Gasteiger partial charge in [-0.2, -0.15) is 14.8 Å². The molecule has 1 unspecified atom stereocenters. The molecule has 0 saturated carbocycles. The Balaban J connectivity index is 0.000000253. The Kier molecular flexibility index (Phi) is 6.84. The largest absolute Gasteiger partial charge is 0.508 e. The summed E-state index contributed by atoms with van der Waals surface area (Å²) in [4.78, 5) is 3.68. The first-order chi connectivity index (χ1) is 13.6. The first-order valence-corrected chi connectivity index (χ1v) is 9.67. The first kappa shape index (κ1) is 22.2. The van der Waals surface area contributed by atoms with Gasteiger partial charge in [-0.25, -0.2) is 17.8 Å². The van der Waals surface area contributed by atoms with Crippen molar-refractivity contribution in [3.05, 3.63) is 53.6 Å². The second-order valence-corrected chi connectivity index (χ2v) is 8.18. The second-order valence-electron chi connectivity index (χ2n) is 6.24. The summed E-state index contributed by atoms with van der Waals surface area (Å²) in [5, 5.41) is 44.4. The molecule has 1 aliphatic heterocycles. The van der Waals surface area contributed by atoms with E-state index >= 15 is 0 Å². The van der Waals surface area contributed by atoms with Crippen LogP contribution >= 0.6 is 0 Å². The van der Waals surface area contributed by atoms with Crippen molar-refractivity contribution in [2.45, 2.75) is 16.9 Å². The zero-order valence-electron chi connectivity index (χ0n) is 15.0. The molecule has 1 aliphatic rings. The van der Waals surface area contributed by atoms with E-state index in [9.17, 15) is 17.9 Å². The van der Waals surface area contributed by atoms with Gasteiger partial charge in [-0.15, -0.1) is 0 Å². The molecule has 2 heterocycles. The van der Waals surface area contributed by atoms with E-state index in [0.717, 1.165) is 16.6 Å². The fraction of sp³-hybridized carbons (Fsp3) is 0.278. The van der Waals surface area contributed by atoms with E-state index in [-0.39, 0.29) is 41.4 Å². The summed E-state index contributed by atoms with van der Waals surface area (Å²) in [6, 6.07) is 9.46. The maximum atomic E-state index is 12.5. The number of aliphatic hydroxyl groups is 2. The third kappa shape index (κ3) is 5.25. The molecule has 2 aromatic rings. The molecule has 1 atom stereocenters. The third-order valence-electron chi connectivity index (χ3n) is 4.15. The third-order valence-corrected chi connectivity index (χ3v) is 5.98. The molecule has 11 heteroatoms. The summed E-state index contributed by atoms with van der Waals surface area (Å²) < 4.78 is 38.1. The molecule has 29 heavy (non-hydrogen) atoms. The van der Waals surface area contributed by atoms with Crippen molar-refractivity contribution in [3.63, 3.8) is 0 Å². The Labute approximate surface area is 166 Å². The van der Waals surface area contributed by atoms with Crippen LogP contribution in [0, 0.1) is 28.5 Å². The van der Waals surface area contributed by atoms with Crippen molar-refractivity contribution in [3.8, 4) is 17.9 Å². The summed E-state index contributed by atoms with van der Waals surface area (Å²) in [5.41, 5.74) is -1.31. The van der Waals surface area contributed by atoms with E-state index < -0.39 is 28.0 Å². The second kappa shape index (κ2) is 8.94. The van der Waals surface area contributed by atoms with Crippen molar-refractivity contribution in [1.82, 2.24) is 9.29 Å². The number of aromatic hydroxyl groups is 1. The Bertz CT molecular complexity index is 1060. The number of nitriles is 2. The number of sulfonamides is 1. The number of β-amino-alcohol motifs (C(OH)–C–C–N with tert-alkyl or cyclic N) is 1. The van der Waals surface area contributed by atoms with Crippen molar-refractivity contribution < 1.29 is 28.1 Å². The Morgan fingerprint density at radius 1 is 1.24 bits per heavy atom. The highest BCUT2D eigenvalue weighted by atomic mass is 32.2. The average Bonchev–Trinajstić information content (AvgIpc) is 3.12. The first-order valence-electron chi connectivity index (χ1n) is 8.23. The van der Waals surface area contributed by atoms with E-state index in [2.05, 4.69) is 4.98 Å². The van der Waals surface area contributed by atoms with E-state index in [1.807, 2.05) is 0 Å². The number of aliphatic hydroxyl groups excluding tert-OH is 1. The van der Waals surface area contributed by atoms with Gasteiger partial charge in [-0.05, 0) is 30.7 Å². The van der Waals surface area contributed by atoms with Crippen molar-refractivity contribution in [2.24, 2.45) is 0 Å². The molecular formula is C18H17FN4O5S. The van der Waals surface area contributed by atoms with Crippen molar-refractivity contribution in [2.75, 3.05) is 19.7 Å². The molecular weight excluding hydrogens is 403 g/mol. The van der Waals surface area contributed by atoms with Crippen LogP contribution in [0.25, 0.3) is 0 Å². The van der Waals surface area contributed by atoms with Crippen LogP contribution in [0.3, 0.4) is 0 Å². The highest BCUT2D eigenvalue weighted by Crippen LogP contribution is 2.26. The summed E-state index contributed by atoms with van der Waals surface area (Å²) in [5.74, 6) is -0.862. The van der Waals surface area contributed by atoms with Gasteiger partial charge < -0.3 is 15.3 Å². The minimum Gasteiger partial charge on any atom is -0.508 e. The molecule has 1 aromatic heterocycles. The van der Waals surface area contributed by atoms with E-state index in [4.69, 9.17) is 20.7 Å². The average molecular weight is 420 g/mol. The predicted molar refractivity (Wildman–Crippen MR) is 97.1 cm³/mol. The number of phenolic OH excluding ortho intramolecular Hbond substituents is 1. The fourth-order valence-electron chi connectivity index (χ4n) is 2.50. The predicted octanol–water partition coefficient (Wildman–Crippen LogP) is 0.474. The monoisotopic (exact) mass is 420 g/mol. The normalized spacial score (nSPS) is 18.9. The number of phenols is 1. The fourth-order valence-corrected chi connectivity index (χ4v) is 3.96. The Hall–Kier alpha value is -3.09. The van der Waals surface area contributed by atoms with Crippen LogP contribution < -0.4 is 0 Å². The van der Waals surface area contributed by atoms with Crippen LogP contribution in [-0.2, 0) is 10.0 Å². The lowest BCUT2D eigenvalue weighted by Gasteiger charge is -2.20. The van der Waals surface area contributed by atoms with E-state index in [0.29, 0.717) is 0 Å². The van der Waals surface area contributed by atoms with Gasteiger partial charge in [0.05, 0.1) is 12.2 Å². The standard InChI is InChI=1S/C11H13N3O4S.C7H4FNO/c12-5-9-1-2-10(6-13-9)19(17,18)14-4-3-11(16,7-14)8-15;8-7-3-6(10)2-1-5(7)4-9/h1-2,6,15-16H,3-4,7-8H2;1-3,10H. The number of aromatic nitrogens is 1. The maximum absolute atomic E-state index is 12.5. The van der Waals surface area contributed by atoms with Gasteiger partial charge in [0.25, 0.3) is 0 Å². The summed E-state index contributed by atoms with van der Waals surface area (Å²) >= 11 is 0. The van der Waals surface area contributed by atoms with Crippen molar-refractivity contribution >= 4 is 10.0 Å². The molecule has 0 spiro atoms. The Morgan fingerprint density at radius 3 is 2.45 bits per heavy atom. The molecule has 1 fully saturated rings. The number of hydrogen-bond acceptors (Lipinski definition) is 8. The number of rotatable bonds is 3. The lowest BCUT2D eigenvalue weighted by molar-refractivity contribution is -0.000735. The zero-order chi connectivity index (χ0) is 21.7. The molecule has 152 valence electrons. The SMILES string of the molecule is N#Cc1ccc(O)cc1F.N#Cc1ccc(S(=O)(=O)N2CCC(O)(CO)C2)cn1. The Morgan fingerprint density at radius 2 is 1.97 bits per heavy atom. The molecule has 0 aliphatic carbocycles. The molecule has 1 aromatic carbocycles. The molecule has 0 amide bonds. The number of pyridine rings is 1. The lowest BCUT2D eigenvalue weighted by atomic mass is 10.1. The number of halogens is 1. The van der Waals surface area contributed by atoms with Crippen molar-refractivity contribution in [1.29, 1.82) is 10.5 Å². The zero-order valence-corrected chi connectivity index (χ0v) is 15.8. The van der Waals surface area contributed by atoms with Crippen LogP contribution in [0.2, 0.25) is 0 Å². The number of benzene rings is 1.